The van der Waals surface area contributed by atoms with Gasteiger partial charge in [-0.2, -0.15) is 0 Å². The first-order chi connectivity index (χ1) is 10.4. The van der Waals surface area contributed by atoms with E-state index in [0.717, 1.165) is 16.5 Å². The summed E-state index contributed by atoms with van der Waals surface area (Å²) in [6.45, 7) is 6.06. The van der Waals surface area contributed by atoms with Crippen LogP contribution >= 0.6 is 15.9 Å². The second kappa shape index (κ2) is 8.71. The molecule has 2 aromatic carbocycles. The van der Waals surface area contributed by atoms with Gasteiger partial charge in [0.2, 0.25) is 0 Å². The smallest absolute Gasteiger partial charge is 0.150 e. The Bertz CT molecular complexity index is 589. The van der Waals surface area contributed by atoms with Crippen LogP contribution in [0.15, 0.2) is 53.0 Å². The molecule has 0 aliphatic rings. The standard InChI is InChI=1S/C13H9BrO2.C5H12O/c14-12-7-6-10(9-15)8-13(12)16-11-4-2-1-3-5-11;1-5(2,3)6-4/h1-9H;1-4H3. The first kappa shape index (κ1) is 18.4. The highest BCUT2D eigenvalue weighted by Crippen LogP contribution is 2.30. The normalized spacial score (nSPS) is 10.4. The summed E-state index contributed by atoms with van der Waals surface area (Å²) in [5.41, 5.74) is 0.633. The van der Waals surface area contributed by atoms with Crippen LogP contribution in [0.2, 0.25) is 0 Å². The number of methoxy groups -OCH3 is 1. The zero-order valence-corrected chi connectivity index (χ0v) is 14.9. The topological polar surface area (TPSA) is 35.5 Å². The second-order valence-electron chi connectivity index (χ2n) is 5.54. The minimum atomic E-state index is 0.0417. The highest BCUT2D eigenvalue weighted by molar-refractivity contribution is 9.10. The van der Waals surface area contributed by atoms with Crippen LogP contribution in [0.25, 0.3) is 0 Å². The van der Waals surface area contributed by atoms with Crippen LogP contribution in [0, 0.1) is 0 Å². The first-order valence-electron chi connectivity index (χ1n) is 6.88. The van der Waals surface area contributed by atoms with Gasteiger partial charge in [-0.25, -0.2) is 0 Å². The predicted octanol–water partition coefficient (Wildman–Crippen LogP) is 5.49. The lowest BCUT2D eigenvalue weighted by molar-refractivity contribution is 0.0397. The molecule has 0 saturated heterocycles. The highest BCUT2D eigenvalue weighted by Gasteiger charge is 2.04. The van der Waals surface area contributed by atoms with Crippen molar-refractivity contribution in [3.8, 4) is 11.5 Å². The van der Waals surface area contributed by atoms with E-state index in [1.54, 1.807) is 25.3 Å². The molecule has 0 saturated carbocycles. The number of hydrogen-bond donors (Lipinski definition) is 0. The maximum atomic E-state index is 10.7. The van der Waals surface area contributed by atoms with Gasteiger partial charge in [0.05, 0.1) is 10.1 Å². The average molecular weight is 365 g/mol. The van der Waals surface area contributed by atoms with Crippen LogP contribution in [0.5, 0.6) is 11.5 Å². The number of carbonyl (C=O) groups excluding carboxylic acids is 1. The van der Waals surface area contributed by atoms with Crippen molar-refractivity contribution >= 4 is 22.2 Å². The molecule has 0 atom stereocenters. The molecule has 0 aromatic heterocycles. The van der Waals surface area contributed by atoms with E-state index in [4.69, 9.17) is 9.47 Å². The van der Waals surface area contributed by atoms with Crippen molar-refractivity contribution < 1.29 is 14.3 Å². The van der Waals surface area contributed by atoms with Gasteiger partial charge >= 0.3 is 0 Å². The molecule has 0 radical (unpaired) electrons. The molecular formula is C18H21BrO3. The van der Waals surface area contributed by atoms with E-state index in [1.807, 2.05) is 51.1 Å². The molecule has 118 valence electrons. The third-order valence-electron chi connectivity index (χ3n) is 2.67. The Kier molecular flexibility index (Phi) is 7.28. The Morgan fingerprint density at radius 3 is 2.14 bits per heavy atom. The summed E-state index contributed by atoms with van der Waals surface area (Å²) < 4.78 is 11.4. The van der Waals surface area contributed by atoms with Crippen LogP contribution < -0.4 is 4.74 Å². The van der Waals surface area contributed by atoms with Crippen LogP contribution in [-0.2, 0) is 4.74 Å². The molecule has 0 spiro atoms. The number of benzene rings is 2. The molecule has 0 fully saturated rings. The molecular weight excluding hydrogens is 344 g/mol. The van der Waals surface area contributed by atoms with E-state index in [1.165, 1.54) is 0 Å². The maximum absolute atomic E-state index is 10.7. The zero-order chi connectivity index (χ0) is 16.6. The number of hydrogen-bond acceptors (Lipinski definition) is 3. The number of rotatable bonds is 3. The summed E-state index contributed by atoms with van der Waals surface area (Å²) in [7, 11) is 1.71. The Hall–Kier alpha value is -1.65. The van der Waals surface area contributed by atoms with Crippen molar-refractivity contribution in [3.63, 3.8) is 0 Å². The molecule has 0 aliphatic carbocycles. The van der Waals surface area contributed by atoms with Gasteiger partial charge in [-0.05, 0) is 61.0 Å². The summed E-state index contributed by atoms with van der Waals surface area (Å²) in [5, 5.41) is 0. The van der Waals surface area contributed by atoms with Crippen molar-refractivity contribution in [2.24, 2.45) is 0 Å². The van der Waals surface area contributed by atoms with E-state index >= 15 is 0 Å². The van der Waals surface area contributed by atoms with Gasteiger partial charge in [0.25, 0.3) is 0 Å². The monoisotopic (exact) mass is 364 g/mol. The number of carbonyl (C=O) groups is 1. The molecule has 3 nitrogen and oxygen atoms in total. The third kappa shape index (κ3) is 6.87. The molecule has 0 N–H and O–H groups in total. The molecule has 0 unspecified atom stereocenters. The molecule has 2 aromatic rings. The van der Waals surface area contributed by atoms with Crippen LogP contribution in [0.4, 0.5) is 0 Å². The van der Waals surface area contributed by atoms with E-state index in [-0.39, 0.29) is 5.60 Å². The fourth-order valence-corrected chi connectivity index (χ4v) is 1.61. The molecule has 0 aliphatic heterocycles. The van der Waals surface area contributed by atoms with Gasteiger partial charge in [0.1, 0.15) is 17.8 Å². The number of ether oxygens (including phenoxy) is 2. The quantitative estimate of drug-likeness (QED) is 0.675. The van der Waals surface area contributed by atoms with Crippen molar-refractivity contribution in [3.05, 3.63) is 58.6 Å². The molecule has 0 bridgehead atoms. The molecule has 0 heterocycles. The van der Waals surface area contributed by atoms with Crippen molar-refractivity contribution in [2.75, 3.05) is 7.11 Å². The van der Waals surface area contributed by atoms with E-state index in [2.05, 4.69) is 15.9 Å². The van der Waals surface area contributed by atoms with Crippen molar-refractivity contribution in [1.29, 1.82) is 0 Å². The Morgan fingerprint density at radius 1 is 1.05 bits per heavy atom. The molecule has 22 heavy (non-hydrogen) atoms. The minimum absolute atomic E-state index is 0.0417. The highest BCUT2D eigenvalue weighted by atomic mass is 79.9. The van der Waals surface area contributed by atoms with Gasteiger partial charge in [-0.15, -0.1) is 0 Å². The Labute approximate surface area is 140 Å². The van der Waals surface area contributed by atoms with E-state index < -0.39 is 0 Å². The largest absolute Gasteiger partial charge is 0.456 e. The fraction of sp³-hybridized carbons (Fsp3) is 0.278. The Morgan fingerprint density at radius 2 is 1.64 bits per heavy atom. The van der Waals surface area contributed by atoms with Crippen LogP contribution in [0.3, 0.4) is 0 Å². The maximum Gasteiger partial charge on any atom is 0.150 e. The lowest BCUT2D eigenvalue weighted by atomic mass is 10.2. The van der Waals surface area contributed by atoms with Crippen LogP contribution in [0.1, 0.15) is 31.1 Å². The lowest BCUT2D eigenvalue weighted by Crippen LogP contribution is -2.15. The lowest BCUT2D eigenvalue weighted by Gasteiger charge is -2.14. The second-order valence-corrected chi connectivity index (χ2v) is 6.39. The van der Waals surface area contributed by atoms with Gasteiger partial charge < -0.3 is 9.47 Å². The van der Waals surface area contributed by atoms with Crippen LogP contribution in [-0.4, -0.2) is 19.0 Å². The Balaban J connectivity index is 0.000000346. The predicted molar refractivity (Wildman–Crippen MR) is 92.8 cm³/mol. The number of halogens is 1. The molecule has 4 heteroatoms. The van der Waals surface area contributed by atoms with E-state index in [0.29, 0.717) is 11.3 Å². The summed E-state index contributed by atoms with van der Waals surface area (Å²) in [6.07, 6.45) is 0.796. The minimum Gasteiger partial charge on any atom is -0.456 e. The SMILES string of the molecule is COC(C)(C)C.O=Cc1ccc(Br)c(Oc2ccccc2)c1. The zero-order valence-electron chi connectivity index (χ0n) is 13.3. The average Bonchev–Trinajstić information content (AvgIpc) is 2.50. The van der Waals surface area contributed by atoms with Gasteiger partial charge in [-0.3, -0.25) is 4.79 Å². The van der Waals surface area contributed by atoms with Gasteiger partial charge in [0.15, 0.2) is 0 Å². The number of para-hydroxylation sites is 1. The number of aldehydes is 1. The summed E-state index contributed by atoms with van der Waals surface area (Å²) in [6, 6.07) is 14.7. The molecule has 2 rings (SSSR count). The molecule has 0 amide bonds. The summed E-state index contributed by atoms with van der Waals surface area (Å²) >= 11 is 3.38. The van der Waals surface area contributed by atoms with Gasteiger partial charge in [-0.1, -0.05) is 24.3 Å². The summed E-state index contributed by atoms with van der Waals surface area (Å²) in [4.78, 5) is 10.7. The fourth-order valence-electron chi connectivity index (χ4n) is 1.29. The van der Waals surface area contributed by atoms with Gasteiger partial charge in [0, 0.05) is 12.7 Å². The van der Waals surface area contributed by atoms with Crippen molar-refractivity contribution in [2.45, 2.75) is 26.4 Å². The van der Waals surface area contributed by atoms with E-state index in [9.17, 15) is 4.79 Å². The first-order valence-corrected chi connectivity index (χ1v) is 7.68. The summed E-state index contributed by atoms with van der Waals surface area (Å²) in [5.74, 6) is 1.38. The van der Waals surface area contributed by atoms with Crippen molar-refractivity contribution in [1.82, 2.24) is 0 Å². The third-order valence-corrected chi connectivity index (χ3v) is 3.33.